The molecule has 2 aromatic heterocycles. The Kier molecular flexibility index (Phi) is 5.25. The molecule has 3 rings (SSSR count). The molecule has 7 heteroatoms. The van der Waals surface area contributed by atoms with Crippen LogP contribution in [0.15, 0.2) is 41.1 Å². The minimum absolute atomic E-state index is 0.216. The molecule has 1 aromatic carbocycles. The second kappa shape index (κ2) is 7.58. The van der Waals surface area contributed by atoms with E-state index in [0.29, 0.717) is 0 Å². The van der Waals surface area contributed by atoms with Crippen molar-refractivity contribution in [2.75, 3.05) is 11.9 Å². The lowest BCUT2D eigenvalue weighted by atomic mass is 10.1. The maximum atomic E-state index is 12.1. The van der Waals surface area contributed by atoms with Crippen molar-refractivity contribution in [3.8, 4) is 9.88 Å². The van der Waals surface area contributed by atoms with Gasteiger partial charge in [-0.05, 0) is 36.4 Å². The molecular weight excluding hydrogens is 356 g/mol. The van der Waals surface area contributed by atoms with Crippen LogP contribution in [0.2, 0.25) is 0 Å². The summed E-state index contributed by atoms with van der Waals surface area (Å²) in [5, 5.41) is 7.14. The van der Waals surface area contributed by atoms with Crippen LogP contribution in [-0.2, 0) is 9.53 Å². The van der Waals surface area contributed by atoms with Gasteiger partial charge in [-0.2, -0.15) is 0 Å². The summed E-state index contributed by atoms with van der Waals surface area (Å²) in [4.78, 5) is 29.4. The van der Waals surface area contributed by atoms with Gasteiger partial charge in [0.25, 0.3) is 5.91 Å². The number of thiophene rings is 1. The third-order valence-corrected chi connectivity index (χ3v) is 5.41. The second-order valence-corrected chi connectivity index (χ2v) is 7.21. The summed E-state index contributed by atoms with van der Waals surface area (Å²) in [5.74, 6) is -0.977. The number of carbonyl (C=O) groups excluding carboxylic acids is 2. The average Bonchev–Trinajstić information content (AvgIpc) is 3.27. The molecule has 0 aliphatic rings. The lowest BCUT2D eigenvalue weighted by Crippen LogP contribution is -2.22. The van der Waals surface area contributed by atoms with Crippen LogP contribution in [0, 0.1) is 13.8 Å². The van der Waals surface area contributed by atoms with Gasteiger partial charge in [-0.25, -0.2) is 9.78 Å². The van der Waals surface area contributed by atoms with E-state index in [1.807, 2.05) is 49.6 Å². The van der Waals surface area contributed by atoms with Gasteiger partial charge >= 0.3 is 5.97 Å². The van der Waals surface area contributed by atoms with Crippen molar-refractivity contribution in [1.29, 1.82) is 0 Å². The van der Waals surface area contributed by atoms with Crippen LogP contribution in [0.5, 0.6) is 0 Å². The number of nitrogens with one attached hydrogen (secondary N) is 1. The number of amides is 1. The predicted molar refractivity (Wildman–Crippen MR) is 100 cm³/mol. The minimum Gasteiger partial charge on any atom is -0.451 e. The Bertz CT molecular complexity index is 881. The summed E-state index contributed by atoms with van der Waals surface area (Å²) in [6.07, 6.45) is 0. The molecule has 5 nitrogen and oxygen atoms in total. The highest BCUT2D eigenvalue weighted by Crippen LogP contribution is 2.28. The number of aryl methyl sites for hydroxylation is 2. The van der Waals surface area contributed by atoms with E-state index < -0.39 is 5.97 Å². The van der Waals surface area contributed by atoms with Gasteiger partial charge < -0.3 is 10.1 Å². The molecule has 0 spiro atoms. The molecule has 3 aromatic rings. The molecule has 2 heterocycles. The number of carbonyl (C=O) groups is 2. The number of nitrogens with zero attached hydrogens (tertiary/aromatic N) is 1. The van der Waals surface area contributed by atoms with Crippen molar-refractivity contribution < 1.29 is 14.3 Å². The number of ether oxygens (including phenoxy) is 1. The van der Waals surface area contributed by atoms with E-state index in [-0.39, 0.29) is 18.2 Å². The maximum absolute atomic E-state index is 12.1. The van der Waals surface area contributed by atoms with E-state index in [9.17, 15) is 9.59 Å². The largest absolute Gasteiger partial charge is 0.451 e. The van der Waals surface area contributed by atoms with Gasteiger partial charge in [0.2, 0.25) is 0 Å². The Hall–Kier alpha value is -2.51. The lowest BCUT2D eigenvalue weighted by molar-refractivity contribution is -0.119. The molecule has 0 aliphatic carbocycles. The summed E-state index contributed by atoms with van der Waals surface area (Å²) in [7, 11) is 0. The van der Waals surface area contributed by atoms with E-state index in [2.05, 4.69) is 10.3 Å². The van der Waals surface area contributed by atoms with Gasteiger partial charge in [0, 0.05) is 11.1 Å². The molecule has 0 saturated heterocycles. The molecular formula is C18H16N2O3S2. The topological polar surface area (TPSA) is 68.3 Å². The quantitative estimate of drug-likeness (QED) is 0.679. The molecule has 0 atom stereocenters. The zero-order chi connectivity index (χ0) is 17.8. The van der Waals surface area contributed by atoms with Crippen LogP contribution in [0.1, 0.15) is 21.6 Å². The fourth-order valence-corrected chi connectivity index (χ4v) is 3.88. The molecule has 0 bridgehead atoms. The van der Waals surface area contributed by atoms with E-state index in [1.165, 1.54) is 11.3 Å². The van der Waals surface area contributed by atoms with Crippen LogP contribution in [0.4, 0.5) is 5.69 Å². The van der Waals surface area contributed by atoms with Gasteiger partial charge in [0.05, 0.1) is 4.88 Å². The number of anilines is 1. The van der Waals surface area contributed by atoms with Gasteiger partial charge in [0.1, 0.15) is 5.01 Å². The molecule has 0 saturated carbocycles. The summed E-state index contributed by atoms with van der Waals surface area (Å²) in [6.45, 7) is 3.48. The highest BCUT2D eigenvalue weighted by molar-refractivity contribution is 7.20. The molecule has 25 heavy (non-hydrogen) atoms. The number of hydrogen-bond donors (Lipinski definition) is 1. The first-order valence-corrected chi connectivity index (χ1v) is 9.33. The van der Waals surface area contributed by atoms with Crippen molar-refractivity contribution >= 4 is 40.2 Å². The summed E-state index contributed by atoms with van der Waals surface area (Å²) < 4.78 is 5.07. The number of benzene rings is 1. The van der Waals surface area contributed by atoms with Crippen molar-refractivity contribution in [2.24, 2.45) is 0 Å². The number of para-hydroxylation sites is 1. The molecule has 0 aliphatic heterocycles. The highest BCUT2D eigenvalue weighted by Gasteiger charge is 2.16. The molecule has 0 unspecified atom stereocenters. The standard InChI is InChI=1S/C18H16N2O3S2/c1-11-5-3-6-12(2)16(11)20-15(21)9-23-18(22)13-10-25-17(19-13)14-7-4-8-24-14/h3-8,10H,9H2,1-2H3,(H,20,21). The normalized spacial score (nSPS) is 10.5. The molecule has 1 N–H and O–H groups in total. The lowest BCUT2D eigenvalue weighted by Gasteiger charge is -2.11. The highest BCUT2D eigenvalue weighted by atomic mass is 32.1. The Morgan fingerprint density at radius 3 is 2.56 bits per heavy atom. The van der Waals surface area contributed by atoms with Crippen molar-refractivity contribution in [3.05, 3.63) is 57.9 Å². The van der Waals surface area contributed by atoms with E-state index >= 15 is 0 Å². The Morgan fingerprint density at radius 1 is 1.12 bits per heavy atom. The molecule has 0 fully saturated rings. The number of rotatable bonds is 5. The Morgan fingerprint density at radius 2 is 1.88 bits per heavy atom. The number of hydrogen-bond acceptors (Lipinski definition) is 6. The van der Waals surface area contributed by atoms with E-state index in [0.717, 1.165) is 26.7 Å². The average molecular weight is 372 g/mol. The fourth-order valence-electron chi connectivity index (χ4n) is 2.27. The summed E-state index contributed by atoms with van der Waals surface area (Å²) in [5.41, 5.74) is 2.88. The first-order chi connectivity index (χ1) is 12.0. The number of thiazole rings is 1. The van der Waals surface area contributed by atoms with E-state index in [4.69, 9.17) is 4.74 Å². The van der Waals surface area contributed by atoms with Gasteiger partial charge in [-0.3, -0.25) is 4.79 Å². The van der Waals surface area contributed by atoms with Crippen LogP contribution in [-0.4, -0.2) is 23.5 Å². The first kappa shape index (κ1) is 17.3. The van der Waals surface area contributed by atoms with Crippen molar-refractivity contribution in [3.63, 3.8) is 0 Å². The summed E-state index contributed by atoms with van der Waals surface area (Å²) in [6, 6.07) is 9.62. The van der Waals surface area contributed by atoms with E-state index in [1.54, 1.807) is 16.7 Å². The first-order valence-electron chi connectivity index (χ1n) is 7.57. The number of esters is 1. The smallest absolute Gasteiger partial charge is 0.358 e. The molecule has 0 radical (unpaired) electrons. The van der Waals surface area contributed by atoms with Gasteiger partial charge in [-0.1, -0.05) is 24.3 Å². The van der Waals surface area contributed by atoms with Crippen LogP contribution < -0.4 is 5.32 Å². The Balaban J connectivity index is 1.58. The van der Waals surface area contributed by atoms with Crippen LogP contribution in [0.25, 0.3) is 9.88 Å². The molecule has 128 valence electrons. The van der Waals surface area contributed by atoms with Crippen LogP contribution >= 0.6 is 22.7 Å². The SMILES string of the molecule is Cc1cccc(C)c1NC(=O)COC(=O)c1csc(-c2cccs2)n1. The van der Waals surface area contributed by atoms with Crippen molar-refractivity contribution in [2.45, 2.75) is 13.8 Å². The maximum Gasteiger partial charge on any atom is 0.358 e. The second-order valence-electron chi connectivity index (χ2n) is 5.41. The third-order valence-electron chi connectivity index (χ3n) is 3.53. The zero-order valence-corrected chi connectivity index (χ0v) is 15.4. The fraction of sp³-hybridized carbons (Fsp3) is 0.167. The van der Waals surface area contributed by atoms with Crippen molar-refractivity contribution in [1.82, 2.24) is 4.98 Å². The third kappa shape index (κ3) is 4.12. The Labute approximate surface area is 153 Å². The molecule has 1 amide bonds. The van der Waals surface area contributed by atoms with Crippen LogP contribution in [0.3, 0.4) is 0 Å². The predicted octanol–water partition coefficient (Wildman–Crippen LogP) is 4.28. The monoisotopic (exact) mass is 372 g/mol. The minimum atomic E-state index is -0.601. The zero-order valence-electron chi connectivity index (χ0n) is 13.7. The number of aromatic nitrogens is 1. The van der Waals surface area contributed by atoms with Gasteiger partial charge in [-0.15, -0.1) is 22.7 Å². The van der Waals surface area contributed by atoms with Gasteiger partial charge in [0.15, 0.2) is 12.3 Å². The summed E-state index contributed by atoms with van der Waals surface area (Å²) >= 11 is 2.93.